The van der Waals surface area contributed by atoms with Crippen LogP contribution in [-0.4, -0.2) is 87.7 Å². The molecule has 2 unspecified atom stereocenters. The molecular formula is C33H33ClF2N8O2S. The summed E-state index contributed by atoms with van der Waals surface area (Å²) in [6.45, 7) is 7.62. The van der Waals surface area contributed by atoms with Crippen LogP contribution in [0.4, 0.5) is 19.6 Å². The van der Waals surface area contributed by atoms with Crippen LogP contribution in [0, 0.1) is 17.1 Å². The monoisotopic (exact) mass is 678 g/mol. The fourth-order valence-electron chi connectivity index (χ4n) is 7.71. The third-order valence-electron chi connectivity index (χ3n) is 10.1. The first kappa shape index (κ1) is 31.5. The van der Waals surface area contributed by atoms with Gasteiger partial charge in [0.15, 0.2) is 0 Å². The molecule has 244 valence electrons. The van der Waals surface area contributed by atoms with Gasteiger partial charge in [-0.1, -0.05) is 18.2 Å². The average Bonchev–Trinajstić information content (AvgIpc) is 3.80. The average molecular weight is 679 g/mol. The second-order valence-corrected chi connectivity index (χ2v) is 14.0. The van der Waals surface area contributed by atoms with Crippen molar-refractivity contribution in [2.45, 2.75) is 56.4 Å². The summed E-state index contributed by atoms with van der Waals surface area (Å²) in [6, 6.07) is 4.76. The number of carbonyl (C=O) groups is 1. The Morgan fingerprint density at radius 2 is 2.19 bits per heavy atom. The number of amides is 1. The van der Waals surface area contributed by atoms with Crippen molar-refractivity contribution in [2.24, 2.45) is 0 Å². The van der Waals surface area contributed by atoms with Crippen molar-refractivity contribution < 1.29 is 18.3 Å². The minimum atomic E-state index is -0.914. The van der Waals surface area contributed by atoms with E-state index in [1.54, 1.807) is 11.1 Å². The number of hydrogen-bond acceptors (Lipinski definition) is 10. The molecule has 0 aliphatic carbocycles. The number of carbonyl (C=O) groups excluding carboxylic acids is 1. The van der Waals surface area contributed by atoms with Crippen molar-refractivity contribution in [1.82, 2.24) is 24.8 Å². The number of fused-ring (bicyclic) bond motifs is 3. The van der Waals surface area contributed by atoms with Crippen molar-refractivity contribution in [3.05, 3.63) is 47.4 Å². The molecule has 0 saturated carbocycles. The standard InChI is InChI=1S/C33H33ClF2N8O2S/c1-4-24(45)44-11-8-23(17(44)2)42(3)31-21-14-39-27(19-6-7-22(36)29-25(19)20(13-37)30(38)47-29)26(34)28(21)40-32(41-31)46-16-33-9-5-10-43(33)15-18(35)12-33/h4,6-7,14,17-18,23H,1,5,8-12,15-16,38H2,2-3H3/t17?,18-,23?,33+/m1/s1. The molecule has 3 saturated heterocycles. The van der Waals surface area contributed by atoms with E-state index in [0.717, 1.165) is 30.7 Å². The molecule has 3 aromatic heterocycles. The fourth-order valence-corrected chi connectivity index (χ4v) is 8.96. The number of nitrogen functional groups attached to an aromatic ring is 1. The molecule has 4 atom stereocenters. The Hall–Kier alpha value is -4.12. The maximum Gasteiger partial charge on any atom is 0.319 e. The van der Waals surface area contributed by atoms with E-state index in [-0.39, 0.29) is 50.9 Å². The van der Waals surface area contributed by atoms with Gasteiger partial charge < -0.3 is 20.3 Å². The molecule has 47 heavy (non-hydrogen) atoms. The maximum absolute atomic E-state index is 14.9. The van der Waals surface area contributed by atoms with Crippen molar-refractivity contribution in [3.8, 4) is 23.3 Å². The summed E-state index contributed by atoms with van der Waals surface area (Å²) in [5.41, 5.74) is 6.92. The van der Waals surface area contributed by atoms with Crippen LogP contribution in [0.2, 0.25) is 5.02 Å². The van der Waals surface area contributed by atoms with E-state index in [1.807, 2.05) is 18.9 Å². The van der Waals surface area contributed by atoms with Gasteiger partial charge in [0.1, 0.15) is 41.0 Å². The van der Waals surface area contributed by atoms with Crippen LogP contribution >= 0.6 is 22.9 Å². The first-order valence-corrected chi connectivity index (χ1v) is 16.7. The van der Waals surface area contributed by atoms with Crippen molar-refractivity contribution in [3.63, 3.8) is 0 Å². The lowest BCUT2D eigenvalue weighted by molar-refractivity contribution is -0.126. The first-order valence-electron chi connectivity index (χ1n) is 15.5. The molecule has 6 heterocycles. The van der Waals surface area contributed by atoms with Crippen LogP contribution in [0.1, 0.15) is 38.2 Å². The molecule has 0 radical (unpaired) electrons. The molecule has 14 heteroatoms. The zero-order valence-electron chi connectivity index (χ0n) is 26.0. The van der Waals surface area contributed by atoms with Gasteiger partial charge in [0, 0.05) is 49.7 Å². The van der Waals surface area contributed by atoms with Gasteiger partial charge in [-0.25, -0.2) is 8.78 Å². The number of benzene rings is 1. The van der Waals surface area contributed by atoms with Gasteiger partial charge in [0.2, 0.25) is 5.91 Å². The SMILES string of the molecule is C=CC(=O)N1CCC(N(C)c2nc(OC[C@@]34CCCN3C[C@H](F)C4)nc3c(Cl)c(-c4ccc(F)c5sc(N)c(C#N)c45)ncc23)C1C. The first-order chi connectivity index (χ1) is 22.6. The predicted molar refractivity (Wildman–Crippen MR) is 179 cm³/mol. The van der Waals surface area contributed by atoms with Gasteiger partial charge in [-0.3, -0.25) is 14.7 Å². The quantitative estimate of drug-likeness (QED) is 0.245. The fraction of sp³-hybridized carbons (Fsp3) is 0.424. The number of halogens is 3. The van der Waals surface area contributed by atoms with E-state index in [2.05, 4.69) is 17.5 Å². The lowest BCUT2D eigenvalue weighted by Gasteiger charge is -2.33. The van der Waals surface area contributed by atoms with Crippen LogP contribution in [0.5, 0.6) is 6.01 Å². The number of pyridine rings is 1. The highest BCUT2D eigenvalue weighted by Gasteiger charge is 2.49. The van der Waals surface area contributed by atoms with Crippen LogP contribution in [0.25, 0.3) is 32.2 Å². The summed E-state index contributed by atoms with van der Waals surface area (Å²) in [4.78, 5) is 32.8. The number of alkyl halides is 1. The Bertz CT molecular complexity index is 1980. The zero-order chi connectivity index (χ0) is 33.2. The summed E-state index contributed by atoms with van der Waals surface area (Å²) in [5.74, 6) is -0.134. The van der Waals surface area contributed by atoms with Gasteiger partial charge in [0.05, 0.1) is 37.9 Å². The van der Waals surface area contributed by atoms with Crippen LogP contribution in [0.15, 0.2) is 31.0 Å². The van der Waals surface area contributed by atoms with E-state index in [0.29, 0.717) is 59.3 Å². The molecule has 3 aliphatic rings. The number of likely N-dealkylation sites (N-methyl/N-ethyl adjacent to an activating group) is 1. The molecule has 4 aromatic rings. The smallest absolute Gasteiger partial charge is 0.319 e. The number of hydrogen-bond donors (Lipinski definition) is 1. The van der Waals surface area contributed by atoms with Crippen molar-refractivity contribution >= 4 is 60.7 Å². The van der Waals surface area contributed by atoms with Crippen LogP contribution in [-0.2, 0) is 4.79 Å². The summed E-state index contributed by atoms with van der Waals surface area (Å²) in [5, 5.41) is 11.1. The number of aromatic nitrogens is 3. The molecule has 0 spiro atoms. The molecule has 3 aliphatic heterocycles. The van der Waals surface area contributed by atoms with E-state index in [9.17, 15) is 18.8 Å². The Labute approximate surface area is 279 Å². The lowest BCUT2D eigenvalue weighted by atomic mass is 9.95. The van der Waals surface area contributed by atoms with Crippen molar-refractivity contribution in [1.29, 1.82) is 5.26 Å². The number of nitrogens with two attached hydrogens (primary N) is 1. The third kappa shape index (κ3) is 5.05. The molecule has 7 rings (SSSR count). The summed E-state index contributed by atoms with van der Waals surface area (Å²) >= 11 is 8.11. The molecule has 10 nitrogen and oxygen atoms in total. The predicted octanol–water partition coefficient (Wildman–Crippen LogP) is 5.72. The normalized spacial score (nSPS) is 24.2. The van der Waals surface area contributed by atoms with Crippen molar-refractivity contribution in [2.75, 3.05) is 43.9 Å². The topological polar surface area (TPSA) is 125 Å². The minimum absolute atomic E-state index is 0.0772. The van der Waals surface area contributed by atoms with Gasteiger partial charge in [-0.2, -0.15) is 15.2 Å². The second kappa shape index (κ2) is 11.8. The molecule has 3 fully saturated rings. The van der Waals surface area contributed by atoms with Crippen LogP contribution in [0.3, 0.4) is 0 Å². The maximum atomic E-state index is 14.9. The highest BCUT2D eigenvalue weighted by Crippen LogP contribution is 2.45. The van der Waals surface area contributed by atoms with Gasteiger partial charge >= 0.3 is 6.01 Å². The Morgan fingerprint density at radius 1 is 1.38 bits per heavy atom. The molecular weight excluding hydrogens is 646 g/mol. The summed E-state index contributed by atoms with van der Waals surface area (Å²) < 4.78 is 35.9. The van der Waals surface area contributed by atoms with Gasteiger partial charge in [0.25, 0.3) is 0 Å². The largest absolute Gasteiger partial charge is 0.461 e. The molecule has 0 bridgehead atoms. The second-order valence-electron chi connectivity index (χ2n) is 12.6. The lowest BCUT2D eigenvalue weighted by Crippen LogP contribution is -2.44. The number of anilines is 2. The zero-order valence-corrected chi connectivity index (χ0v) is 27.5. The number of rotatable bonds is 7. The highest BCUT2D eigenvalue weighted by atomic mass is 35.5. The molecule has 1 amide bonds. The Balaban J connectivity index is 1.35. The van der Waals surface area contributed by atoms with Gasteiger partial charge in [-0.15, -0.1) is 11.3 Å². The summed E-state index contributed by atoms with van der Waals surface area (Å²) in [6.07, 6.45) is 4.88. The molecule has 2 N–H and O–H groups in total. The van der Waals surface area contributed by atoms with Crippen LogP contribution < -0.4 is 15.4 Å². The number of ether oxygens (including phenoxy) is 1. The highest BCUT2D eigenvalue weighted by molar-refractivity contribution is 7.23. The Kier molecular flexibility index (Phi) is 7.93. The van der Waals surface area contributed by atoms with E-state index >= 15 is 0 Å². The number of nitrogens with zero attached hydrogens (tertiary/aromatic N) is 7. The Morgan fingerprint density at radius 3 is 2.96 bits per heavy atom. The van der Waals surface area contributed by atoms with E-state index in [4.69, 9.17) is 37.0 Å². The minimum Gasteiger partial charge on any atom is -0.461 e. The van der Waals surface area contributed by atoms with Gasteiger partial charge in [-0.05, 0) is 50.9 Å². The molecule has 1 aromatic carbocycles. The third-order valence-corrected chi connectivity index (χ3v) is 11.4. The van der Waals surface area contributed by atoms with E-state index < -0.39 is 17.5 Å². The van der Waals surface area contributed by atoms with E-state index in [1.165, 1.54) is 18.2 Å². The summed E-state index contributed by atoms with van der Waals surface area (Å²) in [7, 11) is 1.90. The number of nitriles is 1. The number of likely N-dealkylation sites (tertiary alicyclic amines) is 1. The number of thiophene rings is 1.